The molecule has 1 fully saturated rings. The zero-order chi connectivity index (χ0) is 15.1. The number of hydrogen-bond donors (Lipinski definition) is 2. The van der Waals surface area contributed by atoms with Gasteiger partial charge in [0.2, 0.25) is 0 Å². The lowest BCUT2D eigenvalue weighted by Gasteiger charge is -2.32. The molecule has 0 aromatic carbocycles. The minimum atomic E-state index is -0.914. The largest absolute Gasteiger partial charge is 0.481 e. The van der Waals surface area contributed by atoms with Crippen molar-refractivity contribution in [3.05, 3.63) is 18.7 Å². The van der Waals surface area contributed by atoms with Crippen LogP contribution in [0.3, 0.4) is 0 Å². The Morgan fingerprint density at radius 2 is 2.33 bits per heavy atom. The number of morpholine rings is 1. The molecule has 0 spiro atoms. The predicted octanol–water partition coefficient (Wildman–Crippen LogP) is 0.158. The highest BCUT2D eigenvalue weighted by Gasteiger charge is 2.25. The van der Waals surface area contributed by atoms with Gasteiger partial charge < -0.3 is 24.6 Å². The Balaban J connectivity index is 1.66. The van der Waals surface area contributed by atoms with Crippen molar-refractivity contribution in [3.8, 4) is 0 Å². The molecule has 2 rings (SSSR count). The number of aliphatic carboxylic acids is 1. The van der Waals surface area contributed by atoms with Crippen LogP contribution in [0.1, 0.15) is 12.8 Å². The van der Waals surface area contributed by atoms with Crippen molar-refractivity contribution in [1.29, 1.82) is 0 Å². The average Bonchev–Trinajstić information content (AvgIpc) is 2.96. The van der Waals surface area contributed by atoms with E-state index in [1.165, 1.54) is 0 Å². The van der Waals surface area contributed by atoms with Gasteiger partial charge in [-0.1, -0.05) is 0 Å². The van der Waals surface area contributed by atoms with E-state index in [2.05, 4.69) is 10.3 Å². The predicted molar refractivity (Wildman–Crippen MR) is 73.8 cm³/mol. The molecule has 2 N–H and O–H groups in total. The van der Waals surface area contributed by atoms with Crippen LogP contribution in [0.2, 0.25) is 0 Å². The minimum absolute atomic E-state index is 0.0790. The van der Waals surface area contributed by atoms with Gasteiger partial charge in [-0.05, 0) is 6.42 Å². The van der Waals surface area contributed by atoms with E-state index in [9.17, 15) is 9.59 Å². The molecular formula is C13H20N4O4. The first kappa shape index (κ1) is 15.3. The average molecular weight is 296 g/mol. The Morgan fingerprint density at radius 3 is 3.05 bits per heavy atom. The van der Waals surface area contributed by atoms with Crippen LogP contribution in [0.15, 0.2) is 18.7 Å². The first-order valence-electron chi connectivity index (χ1n) is 6.97. The van der Waals surface area contributed by atoms with Crippen LogP contribution in [0, 0.1) is 0 Å². The third-order valence-corrected chi connectivity index (χ3v) is 3.26. The summed E-state index contributed by atoms with van der Waals surface area (Å²) in [5.74, 6) is -0.914. The molecule has 0 aliphatic carbocycles. The standard InChI is InChI=1S/C13H20N4O4/c18-12(19)8-11-9-17(6-7-21-11)13(20)15-2-1-4-16-5-3-14-10-16/h3,5,10-11H,1-2,4,6-9H2,(H,15,20)(H,18,19). The van der Waals surface area contributed by atoms with E-state index in [0.717, 1.165) is 13.0 Å². The topological polar surface area (TPSA) is 96.7 Å². The summed E-state index contributed by atoms with van der Waals surface area (Å²) in [6, 6.07) is -0.167. The second-order valence-electron chi connectivity index (χ2n) is 4.92. The Labute approximate surface area is 122 Å². The fourth-order valence-electron chi connectivity index (χ4n) is 2.21. The zero-order valence-electron chi connectivity index (χ0n) is 11.8. The van der Waals surface area contributed by atoms with Crippen molar-refractivity contribution in [2.24, 2.45) is 0 Å². The number of nitrogens with one attached hydrogen (secondary N) is 1. The van der Waals surface area contributed by atoms with Gasteiger partial charge in [0.15, 0.2) is 0 Å². The summed E-state index contributed by atoms with van der Waals surface area (Å²) in [6.45, 7) is 2.55. The summed E-state index contributed by atoms with van der Waals surface area (Å²) in [5, 5.41) is 11.6. The number of imidazole rings is 1. The van der Waals surface area contributed by atoms with Crippen LogP contribution in [-0.4, -0.2) is 63.9 Å². The molecule has 1 unspecified atom stereocenters. The van der Waals surface area contributed by atoms with Crippen LogP contribution in [0.4, 0.5) is 4.79 Å². The number of hydrogen-bond acceptors (Lipinski definition) is 4. The van der Waals surface area contributed by atoms with Crippen LogP contribution < -0.4 is 5.32 Å². The van der Waals surface area contributed by atoms with Crippen molar-refractivity contribution in [3.63, 3.8) is 0 Å². The number of ether oxygens (including phenoxy) is 1. The van der Waals surface area contributed by atoms with Crippen LogP contribution in [0.5, 0.6) is 0 Å². The van der Waals surface area contributed by atoms with Crippen LogP contribution in [0.25, 0.3) is 0 Å². The maximum absolute atomic E-state index is 12.0. The molecule has 8 nitrogen and oxygen atoms in total. The molecule has 1 aliphatic heterocycles. The van der Waals surface area contributed by atoms with Crippen molar-refractivity contribution < 1.29 is 19.4 Å². The summed E-state index contributed by atoms with van der Waals surface area (Å²) >= 11 is 0. The number of carbonyl (C=O) groups is 2. The van der Waals surface area contributed by atoms with Crippen LogP contribution >= 0.6 is 0 Å². The smallest absolute Gasteiger partial charge is 0.317 e. The summed E-state index contributed by atoms with van der Waals surface area (Å²) in [5.41, 5.74) is 0. The van der Waals surface area contributed by atoms with Gasteiger partial charge in [0.05, 0.1) is 25.5 Å². The molecule has 0 bridgehead atoms. The summed E-state index contributed by atoms with van der Waals surface area (Å²) in [4.78, 5) is 28.2. The Morgan fingerprint density at radius 1 is 1.48 bits per heavy atom. The molecule has 0 radical (unpaired) electrons. The van der Waals surface area contributed by atoms with E-state index in [0.29, 0.717) is 26.2 Å². The Bertz CT molecular complexity index is 463. The van der Waals surface area contributed by atoms with Crippen molar-refractivity contribution in [2.45, 2.75) is 25.5 Å². The van der Waals surface area contributed by atoms with Gasteiger partial charge in [-0.2, -0.15) is 0 Å². The second kappa shape index (κ2) is 7.63. The molecule has 1 aromatic rings. The van der Waals surface area contributed by atoms with Crippen molar-refractivity contribution >= 4 is 12.0 Å². The van der Waals surface area contributed by atoms with E-state index < -0.39 is 12.1 Å². The fraction of sp³-hybridized carbons (Fsp3) is 0.615. The molecule has 0 saturated carbocycles. The molecule has 116 valence electrons. The number of urea groups is 1. The molecule has 1 atom stereocenters. The number of aryl methyl sites for hydroxylation is 1. The van der Waals surface area contributed by atoms with Gasteiger partial charge >= 0.3 is 12.0 Å². The molecule has 21 heavy (non-hydrogen) atoms. The van der Waals surface area contributed by atoms with Crippen molar-refractivity contribution in [1.82, 2.24) is 19.8 Å². The highest BCUT2D eigenvalue weighted by molar-refractivity contribution is 5.74. The van der Waals surface area contributed by atoms with E-state index in [-0.39, 0.29) is 12.5 Å². The Kier molecular flexibility index (Phi) is 5.56. The number of aromatic nitrogens is 2. The third kappa shape index (κ3) is 5.07. The first-order valence-corrected chi connectivity index (χ1v) is 6.97. The van der Waals surface area contributed by atoms with Gasteiger partial charge in [-0.25, -0.2) is 9.78 Å². The third-order valence-electron chi connectivity index (χ3n) is 3.26. The molecule has 1 aromatic heterocycles. The summed E-state index contributed by atoms with van der Waals surface area (Å²) in [7, 11) is 0. The van der Waals surface area contributed by atoms with E-state index in [1.54, 1.807) is 17.4 Å². The summed E-state index contributed by atoms with van der Waals surface area (Å²) < 4.78 is 7.28. The molecular weight excluding hydrogens is 276 g/mol. The number of carbonyl (C=O) groups excluding carboxylic acids is 1. The molecule has 1 aliphatic rings. The summed E-state index contributed by atoms with van der Waals surface area (Å²) in [6.07, 6.45) is 5.64. The van der Waals surface area contributed by atoms with E-state index in [1.807, 2.05) is 10.8 Å². The Hall–Kier alpha value is -2.09. The van der Waals surface area contributed by atoms with Gasteiger partial charge in [0, 0.05) is 38.6 Å². The quantitative estimate of drug-likeness (QED) is 0.729. The lowest BCUT2D eigenvalue weighted by molar-refractivity contribution is -0.141. The molecule has 2 heterocycles. The van der Waals surface area contributed by atoms with Gasteiger partial charge in [-0.15, -0.1) is 0 Å². The number of carboxylic acid groups (broad SMARTS) is 1. The molecule has 1 saturated heterocycles. The highest BCUT2D eigenvalue weighted by Crippen LogP contribution is 2.08. The molecule has 2 amide bonds. The SMILES string of the molecule is O=C(O)CC1CN(C(=O)NCCCn2ccnc2)CCO1. The van der Waals surface area contributed by atoms with Gasteiger partial charge in [0.1, 0.15) is 0 Å². The van der Waals surface area contributed by atoms with Crippen LogP contribution in [-0.2, 0) is 16.1 Å². The number of amides is 2. The number of rotatable bonds is 6. The van der Waals surface area contributed by atoms with Gasteiger partial charge in [-0.3, -0.25) is 4.79 Å². The number of carboxylic acids is 1. The lowest BCUT2D eigenvalue weighted by atomic mass is 10.2. The number of nitrogens with zero attached hydrogens (tertiary/aromatic N) is 3. The minimum Gasteiger partial charge on any atom is -0.481 e. The first-order chi connectivity index (χ1) is 10.1. The maximum atomic E-state index is 12.0. The fourth-order valence-corrected chi connectivity index (χ4v) is 2.21. The van der Waals surface area contributed by atoms with Crippen molar-refractivity contribution in [2.75, 3.05) is 26.2 Å². The molecule has 8 heteroatoms. The highest BCUT2D eigenvalue weighted by atomic mass is 16.5. The maximum Gasteiger partial charge on any atom is 0.317 e. The second-order valence-corrected chi connectivity index (χ2v) is 4.92. The van der Waals surface area contributed by atoms with E-state index >= 15 is 0 Å². The normalized spacial score (nSPS) is 18.5. The van der Waals surface area contributed by atoms with E-state index in [4.69, 9.17) is 9.84 Å². The zero-order valence-corrected chi connectivity index (χ0v) is 11.8. The van der Waals surface area contributed by atoms with Gasteiger partial charge in [0.25, 0.3) is 0 Å². The lowest BCUT2D eigenvalue weighted by Crippen LogP contribution is -2.50. The monoisotopic (exact) mass is 296 g/mol.